The first-order chi connectivity index (χ1) is 5.24. The number of ether oxygens (including phenoxy) is 1. The first-order valence-electron chi connectivity index (χ1n) is 3.73. The third-order valence-corrected chi connectivity index (χ3v) is 1.65. The molecule has 1 rings (SSSR count). The van der Waals surface area contributed by atoms with Crippen molar-refractivity contribution in [2.24, 2.45) is 11.5 Å². The molecule has 0 aromatic heterocycles. The fourth-order valence-electron chi connectivity index (χ4n) is 0.978. The molecule has 1 aliphatic rings. The van der Waals surface area contributed by atoms with Crippen LogP contribution in [0.1, 0.15) is 12.8 Å². The maximum absolute atomic E-state index is 9.15. The zero-order valence-corrected chi connectivity index (χ0v) is 6.36. The highest BCUT2D eigenvalue weighted by Crippen LogP contribution is 2.15. The zero-order chi connectivity index (χ0) is 8.27. The summed E-state index contributed by atoms with van der Waals surface area (Å²) in [6.45, 7) is 0.536. The van der Waals surface area contributed by atoms with Gasteiger partial charge in [-0.2, -0.15) is 0 Å². The Morgan fingerprint density at radius 2 is 2.45 bits per heavy atom. The van der Waals surface area contributed by atoms with E-state index in [1.165, 1.54) is 0 Å². The van der Waals surface area contributed by atoms with Crippen molar-refractivity contribution in [1.82, 2.24) is 0 Å². The van der Waals surface area contributed by atoms with Gasteiger partial charge in [0.15, 0.2) is 0 Å². The van der Waals surface area contributed by atoms with E-state index in [2.05, 4.69) is 0 Å². The van der Waals surface area contributed by atoms with Crippen LogP contribution >= 0.6 is 0 Å². The van der Waals surface area contributed by atoms with Crippen molar-refractivity contribution >= 4 is 0 Å². The first kappa shape index (κ1) is 8.52. The lowest BCUT2D eigenvalue weighted by Gasteiger charge is -2.25. The third-order valence-electron chi connectivity index (χ3n) is 1.65. The summed E-state index contributed by atoms with van der Waals surface area (Å²) in [5.74, 6) is 0.752. The highest BCUT2D eigenvalue weighted by atomic mass is 16.6. The van der Waals surface area contributed by atoms with Gasteiger partial charge < -0.3 is 21.3 Å². The summed E-state index contributed by atoms with van der Waals surface area (Å²) in [4.78, 5) is 0. The standard InChI is InChI=1S/C7H14N2O2/c8-4-3-5-1-2-6(9)7(10)11-5/h1,6-7,10H,2-4,8-9H2/t6-,7+/m1/s1. The maximum Gasteiger partial charge on any atom is 0.212 e. The lowest BCUT2D eigenvalue weighted by molar-refractivity contribution is -0.0908. The molecule has 4 nitrogen and oxygen atoms in total. The van der Waals surface area contributed by atoms with E-state index < -0.39 is 6.29 Å². The molecule has 0 aromatic carbocycles. The SMILES string of the molecule is NCCC1=CC[C@@H](N)[C@@H](O)O1. The van der Waals surface area contributed by atoms with Crippen LogP contribution in [-0.4, -0.2) is 24.0 Å². The molecule has 0 saturated heterocycles. The van der Waals surface area contributed by atoms with Crippen LogP contribution in [0, 0.1) is 0 Å². The predicted molar refractivity (Wildman–Crippen MR) is 41.4 cm³/mol. The monoisotopic (exact) mass is 158 g/mol. The van der Waals surface area contributed by atoms with E-state index in [1.807, 2.05) is 6.08 Å². The minimum atomic E-state index is -0.860. The van der Waals surface area contributed by atoms with E-state index in [4.69, 9.17) is 21.3 Å². The van der Waals surface area contributed by atoms with Crippen LogP contribution < -0.4 is 11.5 Å². The molecule has 1 aliphatic heterocycles. The Morgan fingerprint density at radius 3 is 3.00 bits per heavy atom. The van der Waals surface area contributed by atoms with Crippen molar-refractivity contribution < 1.29 is 9.84 Å². The number of aliphatic hydroxyl groups excluding tert-OH is 1. The molecular formula is C7H14N2O2. The van der Waals surface area contributed by atoms with Crippen molar-refractivity contribution in [3.63, 3.8) is 0 Å². The number of hydrogen-bond acceptors (Lipinski definition) is 4. The average molecular weight is 158 g/mol. The van der Waals surface area contributed by atoms with Gasteiger partial charge in [-0.25, -0.2) is 0 Å². The molecule has 0 aromatic rings. The summed E-state index contributed by atoms with van der Waals surface area (Å²) in [6.07, 6.45) is 2.35. The largest absolute Gasteiger partial charge is 0.468 e. The molecule has 0 radical (unpaired) electrons. The molecule has 2 atom stereocenters. The van der Waals surface area contributed by atoms with Crippen molar-refractivity contribution in [3.8, 4) is 0 Å². The molecule has 0 spiro atoms. The Morgan fingerprint density at radius 1 is 1.73 bits per heavy atom. The Kier molecular flexibility index (Phi) is 2.87. The second-order valence-corrected chi connectivity index (χ2v) is 2.62. The van der Waals surface area contributed by atoms with Gasteiger partial charge in [0, 0.05) is 6.42 Å². The van der Waals surface area contributed by atoms with Gasteiger partial charge in [-0.05, 0) is 19.0 Å². The van der Waals surface area contributed by atoms with E-state index in [1.54, 1.807) is 0 Å². The molecule has 0 saturated carbocycles. The van der Waals surface area contributed by atoms with Crippen LogP contribution in [0.2, 0.25) is 0 Å². The molecule has 0 fully saturated rings. The summed E-state index contributed by atoms with van der Waals surface area (Å²) in [6, 6.07) is -0.295. The summed E-state index contributed by atoms with van der Waals surface area (Å²) < 4.78 is 5.05. The molecule has 0 amide bonds. The predicted octanol–water partition coefficient (Wildman–Crippen LogP) is -0.715. The molecule has 0 bridgehead atoms. The number of nitrogens with two attached hydrogens (primary N) is 2. The lowest BCUT2D eigenvalue weighted by atomic mass is 10.1. The van der Waals surface area contributed by atoms with Gasteiger partial charge in [-0.15, -0.1) is 0 Å². The molecule has 5 N–H and O–H groups in total. The van der Waals surface area contributed by atoms with Crippen LogP contribution in [0.25, 0.3) is 0 Å². The van der Waals surface area contributed by atoms with E-state index in [9.17, 15) is 0 Å². The Hall–Kier alpha value is -0.580. The fraction of sp³-hybridized carbons (Fsp3) is 0.714. The minimum Gasteiger partial charge on any atom is -0.468 e. The Bertz CT molecular complexity index is 159. The second kappa shape index (κ2) is 3.71. The second-order valence-electron chi connectivity index (χ2n) is 2.62. The Balaban J connectivity index is 2.45. The minimum absolute atomic E-state index is 0.295. The van der Waals surface area contributed by atoms with Crippen LogP contribution in [0.5, 0.6) is 0 Å². The highest BCUT2D eigenvalue weighted by Gasteiger charge is 2.20. The Labute approximate surface area is 65.8 Å². The summed E-state index contributed by atoms with van der Waals surface area (Å²) >= 11 is 0. The molecule has 64 valence electrons. The van der Waals surface area contributed by atoms with Crippen LogP contribution in [0.15, 0.2) is 11.8 Å². The maximum atomic E-state index is 9.15. The van der Waals surface area contributed by atoms with Crippen LogP contribution in [-0.2, 0) is 4.74 Å². The van der Waals surface area contributed by atoms with Gasteiger partial charge in [-0.3, -0.25) is 0 Å². The van der Waals surface area contributed by atoms with Crippen molar-refractivity contribution in [3.05, 3.63) is 11.8 Å². The molecule has 0 aliphatic carbocycles. The van der Waals surface area contributed by atoms with E-state index in [-0.39, 0.29) is 6.04 Å². The topological polar surface area (TPSA) is 81.5 Å². The summed E-state index contributed by atoms with van der Waals surface area (Å²) in [5, 5.41) is 9.15. The van der Waals surface area contributed by atoms with Crippen molar-refractivity contribution in [2.45, 2.75) is 25.2 Å². The highest BCUT2D eigenvalue weighted by molar-refractivity contribution is 5.00. The van der Waals surface area contributed by atoms with Crippen LogP contribution in [0.3, 0.4) is 0 Å². The van der Waals surface area contributed by atoms with Crippen LogP contribution in [0.4, 0.5) is 0 Å². The molecule has 0 unspecified atom stereocenters. The lowest BCUT2D eigenvalue weighted by Crippen LogP contribution is -2.38. The fourth-order valence-corrected chi connectivity index (χ4v) is 0.978. The zero-order valence-electron chi connectivity index (χ0n) is 6.36. The molecule has 11 heavy (non-hydrogen) atoms. The van der Waals surface area contributed by atoms with Gasteiger partial charge in [-0.1, -0.05) is 0 Å². The number of rotatable bonds is 2. The first-order valence-corrected chi connectivity index (χ1v) is 3.73. The van der Waals surface area contributed by atoms with E-state index >= 15 is 0 Å². The summed E-state index contributed by atoms with van der Waals surface area (Å²) in [7, 11) is 0. The normalized spacial score (nSPS) is 31.0. The van der Waals surface area contributed by atoms with Gasteiger partial charge in [0.2, 0.25) is 6.29 Å². The van der Waals surface area contributed by atoms with Gasteiger partial charge in [0.1, 0.15) is 0 Å². The summed E-state index contributed by atoms with van der Waals surface area (Å²) in [5.41, 5.74) is 10.8. The van der Waals surface area contributed by atoms with Gasteiger partial charge in [0.05, 0.1) is 11.8 Å². The quantitative estimate of drug-likeness (QED) is 0.495. The molecule has 4 heteroatoms. The number of aliphatic hydroxyl groups is 1. The number of hydrogen-bond donors (Lipinski definition) is 3. The van der Waals surface area contributed by atoms with E-state index in [0.29, 0.717) is 19.4 Å². The third kappa shape index (κ3) is 2.18. The smallest absolute Gasteiger partial charge is 0.212 e. The van der Waals surface area contributed by atoms with Gasteiger partial charge >= 0.3 is 0 Å². The average Bonchev–Trinajstić information content (AvgIpc) is 1.98. The molecule has 1 heterocycles. The van der Waals surface area contributed by atoms with Crippen molar-refractivity contribution in [1.29, 1.82) is 0 Å². The molecular weight excluding hydrogens is 144 g/mol. The van der Waals surface area contributed by atoms with E-state index in [0.717, 1.165) is 5.76 Å². The van der Waals surface area contributed by atoms with Gasteiger partial charge in [0.25, 0.3) is 0 Å². The van der Waals surface area contributed by atoms with Crippen molar-refractivity contribution in [2.75, 3.05) is 6.54 Å².